The van der Waals surface area contributed by atoms with Crippen LogP contribution in [-0.4, -0.2) is 27.8 Å². The lowest BCUT2D eigenvalue weighted by Gasteiger charge is -2.35. The van der Waals surface area contributed by atoms with E-state index in [2.05, 4.69) is 29.2 Å². The minimum Gasteiger partial charge on any atom is -0.493 e. The van der Waals surface area contributed by atoms with Gasteiger partial charge in [0.25, 0.3) is 5.89 Å². The summed E-state index contributed by atoms with van der Waals surface area (Å²) in [6.07, 6.45) is 8.62. The number of hydrogen-bond donors (Lipinski definition) is 1. The number of aromatic nitrogens is 2. The maximum absolute atomic E-state index is 11.1. The highest BCUT2D eigenvalue weighted by atomic mass is 16.5. The second-order valence-electron chi connectivity index (χ2n) is 9.39. The number of ether oxygens (including phenoxy) is 1. The Morgan fingerprint density at radius 1 is 1.09 bits per heavy atom. The van der Waals surface area contributed by atoms with Crippen molar-refractivity contribution in [3.63, 3.8) is 0 Å². The summed E-state index contributed by atoms with van der Waals surface area (Å²) >= 11 is 0. The third kappa shape index (κ3) is 4.27. The summed E-state index contributed by atoms with van der Waals surface area (Å²) in [4.78, 5) is 15.7. The Hall–Kier alpha value is -3.15. The predicted octanol–water partition coefficient (Wildman–Crippen LogP) is 6.11. The van der Waals surface area contributed by atoms with Crippen LogP contribution in [0.3, 0.4) is 0 Å². The molecule has 6 heteroatoms. The van der Waals surface area contributed by atoms with E-state index >= 15 is 0 Å². The van der Waals surface area contributed by atoms with Gasteiger partial charge in [-0.3, -0.25) is 0 Å². The number of benzene rings is 2. The molecule has 1 aromatic heterocycles. The number of carboxylic acids is 1. The third-order valence-corrected chi connectivity index (χ3v) is 6.82. The van der Waals surface area contributed by atoms with Gasteiger partial charge in [-0.25, -0.2) is 4.79 Å². The molecule has 0 aliphatic heterocycles. The fourth-order valence-corrected chi connectivity index (χ4v) is 4.57. The van der Waals surface area contributed by atoms with Gasteiger partial charge in [-0.2, -0.15) is 4.98 Å². The molecular weight excluding hydrogens is 404 g/mol. The Morgan fingerprint density at radius 3 is 2.50 bits per heavy atom. The number of aromatic carboxylic acids is 1. The lowest BCUT2D eigenvalue weighted by Crippen LogP contribution is -2.26. The lowest BCUT2D eigenvalue weighted by atomic mass is 9.70. The summed E-state index contributed by atoms with van der Waals surface area (Å²) in [6, 6.07) is 12.7. The Balaban J connectivity index is 1.45. The normalized spacial score (nSPS) is 17.8. The van der Waals surface area contributed by atoms with E-state index in [1.54, 1.807) is 12.1 Å². The quantitative estimate of drug-likeness (QED) is 0.485. The highest BCUT2D eigenvalue weighted by Crippen LogP contribution is 2.44. The van der Waals surface area contributed by atoms with Crippen LogP contribution < -0.4 is 4.74 Å². The molecule has 0 radical (unpaired) electrons. The molecule has 0 bridgehead atoms. The number of nitrogens with zero attached hydrogens (tertiary/aromatic N) is 2. The molecule has 0 unspecified atom stereocenters. The van der Waals surface area contributed by atoms with Gasteiger partial charge in [0.15, 0.2) is 0 Å². The fourth-order valence-electron chi connectivity index (χ4n) is 4.57. The van der Waals surface area contributed by atoms with Gasteiger partial charge in [0.1, 0.15) is 5.75 Å². The van der Waals surface area contributed by atoms with Crippen molar-refractivity contribution in [1.82, 2.24) is 10.1 Å². The lowest BCUT2D eigenvalue weighted by molar-refractivity contribution is 0.0697. The van der Waals surface area contributed by atoms with Gasteiger partial charge < -0.3 is 14.4 Å². The number of carbonyl (C=O) groups is 1. The minimum atomic E-state index is -0.963. The Labute approximate surface area is 187 Å². The molecule has 0 spiro atoms. The fraction of sp³-hybridized carbons (Fsp3) is 0.423. The van der Waals surface area contributed by atoms with Crippen LogP contribution >= 0.6 is 0 Å². The molecule has 2 aliphatic rings. The maximum atomic E-state index is 11.1. The van der Waals surface area contributed by atoms with Gasteiger partial charge in [0, 0.05) is 16.7 Å². The van der Waals surface area contributed by atoms with Crippen LogP contribution in [-0.2, 0) is 5.41 Å². The van der Waals surface area contributed by atoms with Crippen molar-refractivity contribution in [2.75, 3.05) is 6.61 Å². The maximum Gasteiger partial charge on any atom is 0.335 e. The Kier molecular flexibility index (Phi) is 5.45. The summed E-state index contributed by atoms with van der Waals surface area (Å²) < 4.78 is 11.8. The van der Waals surface area contributed by atoms with Crippen molar-refractivity contribution in [3.05, 3.63) is 53.6 Å². The van der Waals surface area contributed by atoms with Gasteiger partial charge >= 0.3 is 5.97 Å². The summed E-state index contributed by atoms with van der Waals surface area (Å²) in [5.74, 6) is 1.62. The summed E-state index contributed by atoms with van der Waals surface area (Å²) in [5.41, 5.74) is 3.15. The highest BCUT2D eigenvalue weighted by molar-refractivity contribution is 5.88. The first-order valence-corrected chi connectivity index (χ1v) is 11.5. The number of hydrogen-bond acceptors (Lipinski definition) is 5. The summed E-state index contributed by atoms with van der Waals surface area (Å²) in [6.45, 7) is 3.14. The predicted molar refractivity (Wildman–Crippen MR) is 121 cm³/mol. The molecule has 6 nitrogen and oxygen atoms in total. The summed E-state index contributed by atoms with van der Waals surface area (Å²) in [7, 11) is 0. The molecule has 0 amide bonds. The zero-order valence-corrected chi connectivity index (χ0v) is 18.3. The van der Waals surface area contributed by atoms with Gasteiger partial charge in [-0.05, 0) is 79.5 Å². The molecule has 2 aliphatic carbocycles. The van der Waals surface area contributed by atoms with Gasteiger partial charge in [0.2, 0.25) is 5.82 Å². The first kappa shape index (κ1) is 20.7. The Morgan fingerprint density at radius 2 is 1.81 bits per heavy atom. The average Bonchev–Trinajstić information content (AvgIpc) is 3.51. The first-order chi connectivity index (χ1) is 15.5. The molecule has 2 aromatic carbocycles. The average molecular weight is 433 g/mol. The van der Waals surface area contributed by atoms with Crippen LogP contribution in [0.2, 0.25) is 0 Å². The topological polar surface area (TPSA) is 85.5 Å². The van der Waals surface area contributed by atoms with E-state index in [0.717, 1.165) is 30.8 Å². The van der Waals surface area contributed by atoms with E-state index in [9.17, 15) is 4.79 Å². The molecule has 32 heavy (non-hydrogen) atoms. The van der Waals surface area contributed by atoms with E-state index in [1.807, 2.05) is 6.07 Å². The SMILES string of the molecule is CC1(c2cc(-c3noc(-c4ccc(C(=O)O)cc4)n3)ccc2OCC2CC2)CCCCC1. The van der Waals surface area contributed by atoms with Crippen LogP contribution in [0, 0.1) is 5.92 Å². The van der Waals surface area contributed by atoms with Crippen molar-refractivity contribution >= 4 is 5.97 Å². The number of carboxylic acid groups (broad SMARTS) is 1. The molecular formula is C26H28N2O4. The van der Waals surface area contributed by atoms with E-state index in [1.165, 1.54) is 49.8 Å². The standard InChI is InChI=1S/C26H28N2O4/c1-26(13-3-2-4-14-26)21-15-20(11-12-22(21)31-16-17-5-6-17)23-27-24(32-28-23)18-7-9-19(10-8-18)25(29)30/h7-12,15,17H,2-6,13-14,16H2,1H3,(H,29,30). The van der Waals surface area contributed by atoms with E-state index in [4.69, 9.17) is 14.4 Å². The van der Waals surface area contributed by atoms with Gasteiger partial charge in [-0.1, -0.05) is 31.3 Å². The molecule has 0 atom stereocenters. The van der Waals surface area contributed by atoms with Crippen molar-refractivity contribution in [2.24, 2.45) is 5.92 Å². The highest BCUT2D eigenvalue weighted by Gasteiger charge is 2.33. The molecule has 5 rings (SSSR count). The van der Waals surface area contributed by atoms with Crippen LogP contribution in [0.4, 0.5) is 0 Å². The van der Waals surface area contributed by atoms with Crippen LogP contribution in [0.1, 0.15) is 67.8 Å². The van der Waals surface area contributed by atoms with Gasteiger partial charge in [0.05, 0.1) is 12.2 Å². The third-order valence-electron chi connectivity index (χ3n) is 6.82. The smallest absolute Gasteiger partial charge is 0.335 e. The molecule has 1 N–H and O–H groups in total. The largest absolute Gasteiger partial charge is 0.493 e. The van der Waals surface area contributed by atoms with Crippen LogP contribution in [0.5, 0.6) is 5.75 Å². The zero-order valence-electron chi connectivity index (χ0n) is 18.3. The summed E-state index contributed by atoms with van der Waals surface area (Å²) in [5, 5.41) is 13.3. The zero-order chi connectivity index (χ0) is 22.1. The van der Waals surface area contributed by atoms with Crippen molar-refractivity contribution < 1.29 is 19.2 Å². The second-order valence-corrected chi connectivity index (χ2v) is 9.39. The molecule has 1 heterocycles. The monoisotopic (exact) mass is 432 g/mol. The minimum absolute atomic E-state index is 0.0897. The number of rotatable bonds is 7. The van der Waals surface area contributed by atoms with Crippen molar-refractivity contribution in [1.29, 1.82) is 0 Å². The Bertz CT molecular complexity index is 1110. The molecule has 2 saturated carbocycles. The molecule has 166 valence electrons. The van der Waals surface area contributed by atoms with Crippen LogP contribution in [0.15, 0.2) is 47.0 Å². The van der Waals surface area contributed by atoms with E-state index < -0.39 is 5.97 Å². The van der Waals surface area contributed by atoms with Gasteiger partial charge in [-0.15, -0.1) is 0 Å². The molecule has 3 aromatic rings. The molecule has 2 fully saturated rings. The van der Waals surface area contributed by atoms with E-state index in [-0.39, 0.29) is 11.0 Å². The second kappa shape index (κ2) is 8.41. The van der Waals surface area contributed by atoms with Crippen molar-refractivity contribution in [3.8, 4) is 28.6 Å². The van der Waals surface area contributed by atoms with Crippen LogP contribution in [0.25, 0.3) is 22.8 Å². The van der Waals surface area contributed by atoms with Crippen molar-refractivity contribution in [2.45, 2.75) is 57.3 Å². The first-order valence-electron chi connectivity index (χ1n) is 11.5. The molecule has 0 saturated heterocycles. The van der Waals surface area contributed by atoms with E-state index in [0.29, 0.717) is 23.2 Å².